The number of carbonyl (C=O) groups excluding carboxylic acids is 2. The van der Waals surface area contributed by atoms with Crippen LogP contribution in [0.2, 0.25) is 5.02 Å². The smallest absolute Gasteiger partial charge is 0.288 e. The minimum atomic E-state index is -0.449. The van der Waals surface area contributed by atoms with E-state index in [0.717, 1.165) is 5.56 Å². The van der Waals surface area contributed by atoms with E-state index in [-0.39, 0.29) is 0 Å². The maximum Gasteiger partial charge on any atom is 0.288 e. The molecule has 0 saturated carbocycles. The molecule has 0 atom stereocenters. The molecule has 7 nitrogen and oxygen atoms in total. The summed E-state index contributed by atoms with van der Waals surface area (Å²) in [7, 11) is 0. The Morgan fingerprint density at radius 3 is 2.45 bits per heavy atom. The molecule has 1 aromatic carbocycles. The van der Waals surface area contributed by atoms with Gasteiger partial charge in [0.1, 0.15) is 21.2 Å². The highest BCUT2D eigenvalue weighted by Crippen LogP contribution is 2.28. The van der Waals surface area contributed by atoms with Crippen LogP contribution >= 0.6 is 22.9 Å². The minimum Gasteiger partial charge on any atom is -0.295 e. The fourth-order valence-electron chi connectivity index (χ4n) is 2.94. The first-order chi connectivity index (χ1) is 13.9. The third kappa shape index (κ3) is 3.72. The van der Waals surface area contributed by atoms with Crippen molar-refractivity contribution in [2.24, 2.45) is 0 Å². The summed E-state index contributed by atoms with van der Waals surface area (Å²) in [5, 5.41) is 1.33. The van der Waals surface area contributed by atoms with E-state index in [1.54, 1.807) is 42.6 Å². The van der Waals surface area contributed by atoms with Crippen molar-refractivity contribution in [1.29, 1.82) is 0 Å². The summed E-state index contributed by atoms with van der Waals surface area (Å²) in [6.45, 7) is 3.50. The second-order valence-electron chi connectivity index (χ2n) is 6.32. The van der Waals surface area contributed by atoms with Gasteiger partial charge in [-0.05, 0) is 38.1 Å². The van der Waals surface area contributed by atoms with E-state index < -0.39 is 11.8 Å². The summed E-state index contributed by atoms with van der Waals surface area (Å²) in [6, 6.07) is 12.7. The summed E-state index contributed by atoms with van der Waals surface area (Å²) >= 11 is 7.17. The normalized spacial score (nSPS) is 10.9. The molecule has 0 fully saturated rings. The van der Waals surface area contributed by atoms with E-state index >= 15 is 0 Å². The van der Waals surface area contributed by atoms with Gasteiger partial charge < -0.3 is 0 Å². The molecule has 4 aromatic rings. The molecule has 9 heteroatoms. The van der Waals surface area contributed by atoms with Gasteiger partial charge in [-0.1, -0.05) is 29.8 Å². The number of hydrogen-bond donors (Lipinski definition) is 2. The molecular weight excluding hydrogens is 410 g/mol. The van der Waals surface area contributed by atoms with Crippen molar-refractivity contribution < 1.29 is 9.59 Å². The molecule has 0 bridgehead atoms. The Kier molecular flexibility index (Phi) is 5.04. The van der Waals surface area contributed by atoms with Crippen molar-refractivity contribution in [2.45, 2.75) is 13.8 Å². The largest absolute Gasteiger partial charge is 0.295 e. The lowest BCUT2D eigenvalue weighted by molar-refractivity contribution is 0.0844. The van der Waals surface area contributed by atoms with Crippen LogP contribution in [0.3, 0.4) is 0 Å². The van der Waals surface area contributed by atoms with E-state index in [0.29, 0.717) is 37.6 Å². The van der Waals surface area contributed by atoms with E-state index in [9.17, 15) is 9.59 Å². The quantitative estimate of drug-likeness (QED) is 0.488. The Morgan fingerprint density at radius 1 is 0.966 bits per heavy atom. The van der Waals surface area contributed by atoms with Gasteiger partial charge in [-0.15, -0.1) is 11.3 Å². The number of carbonyl (C=O) groups is 2. The number of thiazole rings is 1. The Labute approximate surface area is 175 Å². The molecular formula is C20H16ClN5O2S. The van der Waals surface area contributed by atoms with Crippen LogP contribution in [0.1, 0.15) is 31.5 Å². The molecule has 3 aromatic heterocycles. The van der Waals surface area contributed by atoms with Crippen LogP contribution in [0.4, 0.5) is 0 Å². The molecule has 0 aliphatic carbocycles. The van der Waals surface area contributed by atoms with Crippen molar-refractivity contribution in [3.05, 3.63) is 75.6 Å². The molecule has 0 spiro atoms. The molecule has 29 heavy (non-hydrogen) atoms. The molecule has 2 amide bonds. The Hall–Kier alpha value is -3.23. The number of pyridine rings is 1. The first-order valence-corrected chi connectivity index (χ1v) is 9.91. The predicted molar refractivity (Wildman–Crippen MR) is 112 cm³/mol. The molecule has 4 rings (SSSR count). The Bertz CT molecular complexity index is 1230. The number of halogens is 1. The number of nitrogens with zero attached hydrogens (tertiary/aromatic N) is 3. The molecule has 0 radical (unpaired) electrons. The highest BCUT2D eigenvalue weighted by atomic mass is 35.5. The van der Waals surface area contributed by atoms with Crippen LogP contribution in [-0.4, -0.2) is 26.2 Å². The van der Waals surface area contributed by atoms with Crippen LogP contribution in [0.5, 0.6) is 0 Å². The molecule has 2 N–H and O–H groups in total. The van der Waals surface area contributed by atoms with E-state index in [2.05, 4.69) is 20.8 Å². The van der Waals surface area contributed by atoms with Crippen molar-refractivity contribution in [2.75, 3.05) is 0 Å². The number of hydrogen-bond acceptors (Lipinski definition) is 5. The first-order valence-electron chi connectivity index (χ1n) is 8.72. The lowest BCUT2D eigenvalue weighted by atomic mass is 10.2. The standard InChI is InChI=1S/C20H16ClN5O2S/c1-11-16(26-10-4-3-5-15(26)22-11)18(27)24-25-19(28)17-12(2)23-20(29-17)13-6-8-14(21)9-7-13/h3-10H,1-2H3,(H,24,27)(H,25,28). The lowest BCUT2D eigenvalue weighted by Crippen LogP contribution is -2.42. The topological polar surface area (TPSA) is 88.4 Å². The third-order valence-electron chi connectivity index (χ3n) is 4.30. The molecule has 3 heterocycles. The molecule has 0 aliphatic rings. The highest BCUT2D eigenvalue weighted by Gasteiger charge is 2.20. The predicted octanol–water partition coefficient (Wildman–Crippen LogP) is 3.80. The maximum atomic E-state index is 12.6. The Morgan fingerprint density at radius 2 is 1.69 bits per heavy atom. The summed E-state index contributed by atoms with van der Waals surface area (Å²) in [5.74, 6) is -0.880. The van der Waals surface area contributed by atoms with Crippen molar-refractivity contribution >= 4 is 40.4 Å². The number of aromatic nitrogens is 3. The molecule has 0 aliphatic heterocycles. The number of imidazole rings is 1. The number of benzene rings is 1. The first kappa shape index (κ1) is 19.1. The second kappa shape index (κ2) is 7.65. The van der Waals surface area contributed by atoms with Crippen LogP contribution in [0.15, 0.2) is 48.7 Å². The zero-order valence-electron chi connectivity index (χ0n) is 15.6. The highest BCUT2D eigenvalue weighted by molar-refractivity contribution is 7.17. The SMILES string of the molecule is Cc1nc(-c2ccc(Cl)cc2)sc1C(=O)NNC(=O)c1c(C)nc2ccccn12. The number of nitrogens with one attached hydrogen (secondary N) is 2. The molecule has 146 valence electrons. The number of hydrazine groups is 1. The number of amides is 2. The van der Waals surface area contributed by atoms with Gasteiger partial charge >= 0.3 is 0 Å². The van der Waals surface area contributed by atoms with Crippen LogP contribution in [0.25, 0.3) is 16.2 Å². The zero-order valence-corrected chi connectivity index (χ0v) is 17.1. The third-order valence-corrected chi connectivity index (χ3v) is 5.76. The summed E-state index contributed by atoms with van der Waals surface area (Å²) in [4.78, 5) is 34.4. The summed E-state index contributed by atoms with van der Waals surface area (Å²) in [6.07, 6.45) is 1.75. The molecule has 0 unspecified atom stereocenters. The van der Waals surface area contributed by atoms with Gasteiger partial charge in [0.25, 0.3) is 11.8 Å². The van der Waals surface area contributed by atoms with E-state index in [1.165, 1.54) is 11.3 Å². The van der Waals surface area contributed by atoms with Gasteiger partial charge in [-0.2, -0.15) is 0 Å². The van der Waals surface area contributed by atoms with Crippen molar-refractivity contribution in [3.63, 3.8) is 0 Å². The number of aryl methyl sites for hydroxylation is 2. The monoisotopic (exact) mass is 425 g/mol. The Balaban J connectivity index is 1.50. The second-order valence-corrected chi connectivity index (χ2v) is 7.76. The summed E-state index contributed by atoms with van der Waals surface area (Å²) < 4.78 is 1.67. The zero-order chi connectivity index (χ0) is 20.5. The van der Waals surface area contributed by atoms with Gasteiger partial charge in [-0.25, -0.2) is 9.97 Å². The van der Waals surface area contributed by atoms with E-state index in [4.69, 9.17) is 11.6 Å². The van der Waals surface area contributed by atoms with Gasteiger partial charge in [0.05, 0.1) is 11.4 Å². The van der Waals surface area contributed by atoms with Crippen LogP contribution in [-0.2, 0) is 0 Å². The minimum absolute atomic E-state index is 0.365. The van der Waals surface area contributed by atoms with Gasteiger partial charge in [-0.3, -0.25) is 24.8 Å². The van der Waals surface area contributed by atoms with Crippen LogP contribution < -0.4 is 10.9 Å². The maximum absolute atomic E-state index is 12.6. The van der Waals surface area contributed by atoms with Gasteiger partial charge in [0, 0.05) is 16.8 Å². The van der Waals surface area contributed by atoms with Crippen molar-refractivity contribution in [1.82, 2.24) is 25.2 Å². The van der Waals surface area contributed by atoms with Gasteiger partial charge in [0.15, 0.2) is 0 Å². The van der Waals surface area contributed by atoms with E-state index in [1.807, 2.05) is 24.3 Å². The van der Waals surface area contributed by atoms with Gasteiger partial charge in [0.2, 0.25) is 0 Å². The number of fused-ring (bicyclic) bond motifs is 1. The summed E-state index contributed by atoms with van der Waals surface area (Å²) in [5.41, 5.74) is 7.97. The van der Waals surface area contributed by atoms with Crippen LogP contribution in [0, 0.1) is 13.8 Å². The lowest BCUT2D eigenvalue weighted by Gasteiger charge is -2.07. The average molecular weight is 426 g/mol. The fourth-order valence-corrected chi connectivity index (χ4v) is 4.03. The average Bonchev–Trinajstić information content (AvgIpc) is 3.25. The number of rotatable bonds is 3. The molecule has 0 saturated heterocycles. The van der Waals surface area contributed by atoms with Crippen molar-refractivity contribution in [3.8, 4) is 10.6 Å². The fraction of sp³-hybridized carbons (Fsp3) is 0.100.